The lowest BCUT2D eigenvalue weighted by molar-refractivity contribution is 0.0928. The smallest absolute Gasteiger partial charge is 0.251 e. The van der Waals surface area contributed by atoms with Gasteiger partial charge in [-0.25, -0.2) is 0 Å². The summed E-state index contributed by atoms with van der Waals surface area (Å²) in [5, 5.41) is 6.55. The minimum absolute atomic E-state index is 0. The normalized spacial score (nSPS) is 19.9. The second kappa shape index (κ2) is 7.84. The molecule has 5 heteroatoms. The Bertz CT molecular complexity index is 517. The van der Waals surface area contributed by atoms with Crippen molar-refractivity contribution in [1.29, 1.82) is 0 Å². The fourth-order valence-electron chi connectivity index (χ4n) is 2.88. The standard InChI is InChI=1S/C17H26N2O2.ClH/c1-12-6-7-13(10-14(12)21-4)16(20)19-11-15-17(2,3)8-5-9-18-15;/h6-7,10,15,18H,5,8-9,11H2,1-4H3,(H,19,20);1H. The van der Waals surface area contributed by atoms with E-state index in [4.69, 9.17) is 4.74 Å². The first-order chi connectivity index (χ1) is 9.94. The second-order valence-electron chi connectivity index (χ2n) is 6.49. The molecular formula is C17H27ClN2O2. The lowest BCUT2D eigenvalue weighted by Gasteiger charge is -2.39. The maximum Gasteiger partial charge on any atom is 0.251 e. The van der Waals surface area contributed by atoms with E-state index in [0.29, 0.717) is 18.2 Å². The van der Waals surface area contributed by atoms with Gasteiger partial charge in [0.2, 0.25) is 0 Å². The van der Waals surface area contributed by atoms with Gasteiger partial charge in [-0.2, -0.15) is 0 Å². The Kier molecular flexibility index (Phi) is 6.69. The van der Waals surface area contributed by atoms with Crippen LogP contribution in [0.15, 0.2) is 18.2 Å². The van der Waals surface area contributed by atoms with E-state index >= 15 is 0 Å². The molecule has 0 aromatic heterocycles. The van der Waals surface area contributed by atoms with Crippen LogP contribution in [-0.4, -0.2) is 32.1 Å². The van der Waals surface area contributed by atoms with Crippen LogP contribution in [0.5, 0.6) is 5.75 Å². The summed E-state index contributed by atoms with van der Waals surface area (Å²) in [7, 11) is 1.62. The number of rotatable bonds is 4. The predicted molar refractivity (Wildman–Crippen MR) is 92.1 cm³/mol. The molecule has 124 valence electrons. The molecule has 4 nitrogen and oxygen atoms in total. The highest BCUT2D eigenvalue weighted by Gasteiger charge is 2.31. The Balaban J connectivity index is 0.00000242. The van der Waals surface area contributed by atoms with Gasteiger partial charge in [0.1, 0.15) is 5.75 Å². The Morgan fingerprint density at radius 1 is 1.45 bits per heavy atom. The number of carbonyl (C=O) groups is 1. The second-order valence-corrected chi connectivity index (χ2v) is 6.49. The number of nitrogens with one attached hydrogen (secondary N) is 2. The summed E-state index contributed by atoms with van der Waals surface area (Å²) in [6.07, 6.45) is 2.39. The first-order valence-electron chi connectivity index (χ1n) is 7.60. The topological polar surface area (TPSA) is 50.4 Å². The summed E-state index contributed by atoms with van der Waals surface area (Å²) in [5.41, 5.74) is 1.89. The minimum Gasteiger partial charge on any atom is -0.496 e. The molecule has 0 radical (unpaired) electrons. The van der Waals surface area contributed by atoms with Crippen LogP contribution in [0, 0.1) is 12.3 Å². The van der Waals surface area contributed by atoms with E-state index in [9.17, 15) is 4.79 Å². The van der Waals surface area contributed by atoms with Gasteiger partial charge in [-0.1, -0.05) is 19.9 Å². The van der Waals surface area contributed by atoms with E-state index in [0.717, 1.165) is 17.9 Å². The average molecular weight is 327 g/mol. The molecule has 0 aliphatic carbocycles. The van der Waals surface area contributed by atoms with Crippen molar-refractivity contribution < 1.29 is 9.53 Å². The van der Waals surface area contributed by atoms with Crippen molar-refractivity contribution >= 4 is 18.3 Å². The molecule has 1 unspecified atom stereocenters. The zero-order chi connectivity index (χ0) is 15.5. The highest BCUT2D eigenvalue weighted by molar-refractivity contribution is 5.94. The summed E-state index contributed by atoms with van der Waals surface area (Å²) in [6, 6.07) is 5.87. The molecule has 1 amide bonds. The number of aryl methyl sites for hydroxylation is 1. The van der Waals surface area contributed by atoms with Crippen molar-refractivity contribution in [1.82, 2.24) is 10.6 Å². The fraction of sp³-hybridized carbons (Fsp3) is 0.588. The molecule has 1 fully saturated rings. The van der Waals surface area contributed by atoms with Crippen LogP contribution >= 0.6 is 12.4 Å². The van der Waals surface area contributed by atoms with E-state index < -0.39 is 0 Å². The molecule has 22 heavy (non-hydrogen) atoms. The highest BCUT2D eigenvalue weighted by atomic mass is 35.5. The molecule has 1 aromatic carbocycles. The zero-order valence-electron chi connectivity index (χ0n) is 13.9. The van der Waals surface area contributed by atoms with Gasteiger partial charge < -0.3 is 15.4 Å². The number of hydrogen-bond acceptors (Lipinski definition) is 3. The number of ether oxygens (including phenoxy) is 1. The maximum atomic E-state index is 12.3. The van der Waals surface area contributed by atoms with E-state index in [1.807, 2.05) is 19.1 Å². The summed E-state index contributed by atoms with van der Waals surface area (Å²) in [6.45, 7) is 8.16. The van der Waals surface area contributed by atoms with Crippen LogP contribution in [0.3, 0.4) is 0 Å². The highest BCUT2D eigenvalue weighted by Crippen LogP contribution is 2.29. The van der Waals surface area contributed by atoms with Crippen LogP contribution in [0.2, 0.25) is 0 Å². The number of amides is 1. The summed E-state index contributed by atoms with van der Waals surface area (Å²) in [5.74, 6) is 0.704. The predicted octanol–water partition coefficient (Wildman–Crippen LogP) is 2.93. The molecule has 1 aromatic rings. The SMILES string of the molecule is COc1cc(C(=O)NCC2NCCCC2(C)C)ccc1C.Cl. The number of halogens is 1. The Morgan fingerprint density at radius 2 is 2.18 bits per heavy atom. The lowest BCUT2D eigenvalue weighted by Crippen LogP contribution is -2.52. The van der Waals surface area contributed by atoms with Crippen molar-refractivity contribution in [3.8, 4) is 5.75 Å². The fourth-order valence-corrected chi connectivity index (χ4v) is 2.88. The van der Waals surface area contributed by atoms with Crippen LogP contribution in [0.4, 0.5) is 0 Å². The van der Waals surface area contributed by atoms with Gasteiger partial charge in [-0.05, 0) is 49.4 Å². The molecule has 1 atom stereocenters. The van der Waals surface area contributed by atoms with Gasteiger partial charge in [0.25, 0.3) is 5.91 Å². The maximum absolute atomic E-state index is 12.3. The molecule has 1 aliphatic heterocycles. The van der Waals surface area contributed by atoms with Crippen molar-refractivity contribution in [3.05, 3.63) is 29.3 Å². The lowest BCUT2D eigenvalue weighted by atomic mass is 9.77. The quantitative estimate of drug-likeness (QED) is 0.894. The largest absolute Gasteiger partial charge is 0.496 e. The van der Waals surface area contributed by atoms with Crippen molar-refractivity contribution in [2.75, 3.05) is 20.2 Å². The third-order valence-corrected chi connectivity index (χ3v) is 4.47. The van der Waals surface area contributed by atoms with Gasteiger partial charge in [0.05, 0.1) is 7.11 Å². The first-order valence-corrected chi connectivity index (χ1v) is 7.60. The van der Waals surface area contributed by atoms with Gasteiger partial charge in [0, 0.05) is 18.2 Å². The van der Waals surface area contributed by atoms with Gasteiger partial charge in [0.15, 0.2) is 0 Å². The molecule has 1 saturated heterocycles. The molecule has 0 saturated carbocycles. The monoisotopic (exact) mass is 326 g/mol. The molecule has 0 bridgehead atoms. The minimum atomic E-state index is -0.0449. The van der Waals surface area contributed by atoms with Crippen LogP contribution in [-0.2, 0) is 0 Å². The van der Waals surface area contributed by atoms with E-state index in [1.165, 1.54) is 12.8 Å². The third kappa shape index (κ3) is 4.37. The Labute approximate surface area is 139 Å². The Morgan fingerprint density at radius 3 is 2.82 bits per heavy atom. The summed E-state index contributed by atoms with van der Waals surface area (Å²) < 4.78 is 5.27. The summed E-state index contributed by atoms with van der Waals surface area (Å²) in [4.78, 5) is 12.3. The first kappa shape index (κ1) is 18.8. The number of methoxy groups -OCH3 is 1. The third-order valence-electron chi connectivity index (χ3n) is 4.47. The zero-order valence-corrected chi connectivity index (χ0v) is 14.7. The van der Waals surface area contributed by atoms with E-state index in [2.05, 4.69) is 24.5 Å². The Hall–Kier alpha value is -1.26. The molecule has 1 heterocycles. The van der Waals surface area contributed by atoms with Crippen LogP contribution in [0.1, 0.15) is 42.6 Å². The van der Waals surface area contributed by atoms with Crippen LogP contribution < -0.4 is 15.4 Å². The van der Waals surface area contributed by atoms with Gasteiger partial charge >= 0.3 is 0 Å². The molecule has 1 aliphatic rings. The number of benzene rings is 1. The summed E-state index contributed by atoms with van der Waals surface area (Å²) >= 11 is 0. The van der Waals surface area contributed by atoms with Crippen molar-refractivity contribution in [2.24, 2.45) is 5.41 Å². The van der Waals surface area contributed by atoms with Gasteiger partial charge in [-0.15, -0.1) is 12.4 Å². The number of hydrogen-bond donors (Lipinski definition) is 2. The molecule has 2 rings (SSSR count). The van der Waals surface area contributed by atoms with Gasteiger partial charge in [-0.3, -0.25) is 4.79 Å². The van der Waals surface area contributed by atoms with E-state index in [-0.39, 0.29) is 23.7 Å². The number of piperidine rings is 1. The molecular weight excluding hydrogens is 300 g/mol. The molecule has 0 spiro atoms. The number of carbonyl (C=O) groups excluding carboxylic acids is 1. The van der Waals surface area contributed by atoms with Crippen molar-refractivity contribution in [2.45, 2.75) is 39.7 Å². The molecule has 2 N–H and O–H groups in total. The van der Waals surface area contributed by atoms with Crippen LogP contribution in [0.25, 0.3) is 0 Å². The van der Waals surface area contributed by atoms with Crippen molar-refractivity contribution in [3.63, 3.8) is 0 Å². The average Bonchev–Trinajstić information content (AvgIpc) is 2.46. The van der Waals surface area contributed by atoms with E-state index in [1.54, 1.807) is 13.2 Å².